The number of ether oxygens (including phenoxy) is 1. The molecule has 0 fully saturated rings. The van der Waals surface area contributed by atoms with Crippen molar-refractivity contribution >= 4 is 11.8 Å². The van der Waals surface area contributed by atoms with Gasteiger partial charge in [0, 0.05) is 11.6 Å². The molecule has 0 amide bonds. The highest BCUT2D eigenvalue weighted by Gasteiger charge is 2.16. The first-order chi connectivity index (χ1) is 6.54. The average Bonchev–Trinajstić information content (AvgIpc) is 2.15. The van der Waals surface area contributed by atoms with Crippen molar-refractivity contribution in [2.75, 3.05) is 7.11 Å². The van der Waals surface area contributed by atoms with Crippen molar-refractivity contribution in [2.24, 2.45) is 0 Å². The lowest BCUT2D eigenvalue weighted by atomic mass is 10.1. The molecule has 0 atom stereocenters. The van der Waals surface area contributed by atoms with Gasteiger partial charge in [-0.1, -0.05) is 0 Å². The molecule has 4 nitrogen and oxygen atoms in total. The molecule has 0 spiro atoms. The molecule has 0 unspecified atom stereocenters. The third-order valence-corrected chi connectivity index (χ3v) is 1.56. The number of carbonyl (C=O) groups excluding carboxylic acids is 1. The van der Waals surface area contributed by atoms with Crippen molar-refractivity contribution in [2.45, 2.75) is 0 Å². The van der Waals surface area contributed by atoms with Crippen LogP contribution in [0.3, 0.4) is 0 Å². The van der Waals surface area contributed by atoms with Gasteiger partial charge in [0.25, 0.3) is 5.78 Å². The maximum atomic E-state index is 12.8. The Morgan fingerprint density at radius 1 is 1.36 bits per heavy atom. The van der Waals surface area contributed by atoms with E-state index in [0.29, 0.717) is 0 Å². The molecule has 74 valence electrons. The average molecular weight is 198 g/mol. The summed E-state index contributed by atoms with van der Waals surface area (Å²) in [6.45, 7) is 0. The van der Waals surface area contributed by atoms with Crippen LogP contribution in [0.1, 0.15) is 10.4 Å². The Bertz CT molecular complexity index is 386. The van der Waals surface area contributed by atoms with Crippen molar-refractivity contribution in [1.82, 2.24) is 0 Å². The zero-order valence-corrected chi connectivity index (χ0v) is 7.28. The second kappa shape index (κ2) is 3.87. The van der Waals surface area contributed by atoms with Gasteiger partial charge in [0.1, 0.15) is 11.6 Å². The second-order valence-electron chi connectivity index (χ2n) is 2.51. The summed E-state index contributed by atoms with van der Waals surface area (Å²) in [5.41, 5.74) is -0.241. The SMILES string of the molecule is COc1cc(F)cc(C(=O)C(=O)O)c1. The number of aliphatic carboxylic acids is 1. The van der Waals surface area contributed by atoms with E-state index in [9.17, 15) is 14.0 Å². The number of benzene rings is 1. The van der Waals surface area contributed by atoms with E-state index in [0.717, 1.165) is 12.1 Å². The summed E-state index contributed by atoms with van der Waals surface area (Å²) in [5, 5.41) is 8.38. The Morgan fingerprint density at radius 3 is 2.50 bits per heavy atom. The highest BCUT2D eigenvalue weighted by molar-refractivity contribution is 6.39. The highest BCUT2D eigenvalue weighted by atomic mass is 19.1. The highest BCUT2D eigenvalue weighted by Crippen LogP contribution is 2.16. The Morgan fingerprint density at radius 2 is 2.00 bits per heavy atom. The maximum absolute atomic E-state index is 12.8. The lowest BCUT2D eigenvalue weighted by molar-refractivity contribution is -0.131. The monoisotopic (exact) mass is 198 g/mol. The lowest BCUT2D eigenvalue weighted by Crippen LogP contribution is -2.12. The lowest BCUT2D eigenvalue weighted by Gasteiger charge is -2.01. The van der Waals surface area contributed by atoms with Gasteiger partial charge in [-0.15, -0.1) is 0 Å². The Hall–Kier alpha value is -1.91. The maximum Gasteiger partial charge on any atom is 0.377 e. The van der Waals surface area contributed by atoms with Crippen LogP contribution in [0.25, 0.3) is 0 Å². The number of carboxylic acid groups (broad SMARTS) is 1. The Labute approximate surface area is 78.9 Å². The molecular weight excluding hydrogens is 191 g/mol. The summed E-state index contributed by atoms with van der Waals surface area (Å²) in [4.78, 5) is 21.2. The molecule has 0 aliphatic rings. The fourth-order valence-corrected chi connectivity index (χ4v) is 0.935. The fourth-order valence-electron chi connectivity index (χ4n) is 0.935. The van der Waals surface area contributed by atoms with E-state index in [1.807, 2.05) is 0 Å². The zero-order valence-electron chi connectivity index (χ0n) is 7.28. The van der Waals surface area contributed by atoms with Crippen LogP contribution in [0.5, 0.6) is 5.75 Å². The Balaban J connectivity index is 3.15. The van der Waals surface area contributed by atoms with E-state index >= 15 is 0 Å². The normalized spacial score (nSPS) is 9.57. The first kappa shape index (κ1) is 10.2. The quantitative estimate of drug-likeness (QED) is 0.583. The molecule has 0 heterocycles. The third kappa shape index (κ3) is 2.07. The minimum Gasteiger partial charge on any atom is -0.497 e. The van der Waals surface area contributed by atoms with Crippen LogP contribution in [-0.4, -0.2) is 24.0 Å². The van der Waals surface area contributed by atoms with Crippen LogP contribution in [0, 0.1) is 5.82 Å². The van der Waals surface area contributed by atoms with Gasteiger partial charge in [-0.2, -0.15) is 0 Å². The van der Waals surface area contributed by atoms with Gasteiger partial charge in [0.05, 0.1) is 7.11 Å². The summed E-state index contributed by atoms with van der Waals surface area (Å²) in [6.07, 6.45) is 0. The molecule has 1 aromatic carbocycles. The molecule has 0 aliphatic heterocycles. The van der Waals surface area contributed by atoms with Gasteiger partial charge < -0.3 is 9.84 Å². The van der Waals surface area contributed by atoms with Crippen LogP contribution in [0.4, 0.5) is 4.39 Å². The van der Waals surface area contributed by atoms with Gasteiger partial charge >= 0.3 is 5.97 Å². The van der Waals surface area contributed by atoms with Gasteiger partial charge in [0.15, 0.2) is 0 Å². The number of carbonyl (C=O) groups is 2. The zero-order chi connectivity index (χ0) is 10.7. The molecule has 1 aromatic rings. The van der Waals surface area contributed by atoms with Gasteiger partial charge in [0.2, 0.25) is 0 Å². The number of rotatable bonds is 3. The van der Waals surface area contributed by atoms with Crippen molar-refractivity contribution in [3.05, 3.63) is 29.6 Å². The first-order valence-electron chi connectivity index (χ1n) is 3.67. The summed E-state index contributed by atoms with van der Waals surface area (Å²) in [5.74, 6) is -3.40. The van der Waals surface area contributed by atoms with Crippen molar-refractivity contribution in [1.29, 1.82) is 0 Å². The van der Waals surface area contributed by atoms with Crippen LogP contribution < -0.4 is 4.74 Å². The van der Waals surface area contributed by atoms with E-state index in [-0.39, 0.29) is 11.3 Å². The van der Waals surface area contributed by atoms with Gasteiger partial charge in [-0.05, 0) is 12.1 Å². The number of carboxylic acids is 1. The molecule has 1 N–H and O–H groups in total. The number of methoxy groups -OCH3 is 1. The van der Waals surface area contributed by atoms with Crippen molar-refractivity contribution in [3.8, 4) is 5.75 Å². The minimum absolute atomic E-state index is 0.106. The van der Waals surface area contributed by atoms with Gasteiger partial charge in [-0.3, -0.25) is 4.79 Å². The van der Waals surface area contributed by atoms with Crippen LogP contribution in [0.15, 0.2) is 18.2 Å². The number of halogens is 1. The van der Waals surface area contributed by atoms with Crippen LogP contribution in [0.2, 0.25) is 0 Å². The summed E-state index contributed by atoms with van der Waals surface area (Å²) < 4.78 is 17.5. The minimum atomic E-state index is -1.63. The number of ketones is 1. The standard InChI is InChI=1S/C9H7FO4/c1-14-7-3-5(2-6(10)4-7)8(11)9(12)13/h2-4H,1H3,(H,12,13). The van der Waals surface area contributed by atoms with E-state index in [1.54, 1.807) is 0 Å². The molecule has 5 heteroatoms. The Kier molecular flexibility index (Phi) is 2.81. The summed E-state index contributed by atoms with van der Waals surface area (Å²) in [7, 11) is 1.30. The summed E-state index contributed by atoms with van der Waals surface area (Å²) in [6, 6.07) is 3.07. The third-order valence-electron chi connectivity index (χ3n) is 1.56. The molecular formula is C9H7FO4. The van der Waals surface area contributed by atoms with E-state index in [4.69, 9.17) is 5.11 Å². The topological polar surface area (TPSA) is 63.6 Å². The van der Waals surface area contributed by atoms with Gasteiger partial charge in [-0.25, -0.2) is 9.18 Å². The molecule has 0 aliphatic carbocycles. The summed E-state index contributed by atoms with van der Waals surface area (Å²) >= 11 is 0. The fraction of sp³-hybridized carbons (Fsp3) is 0.111. The molecule has 1 rings (SSSR count). The second-order valence-corrected chi connectivity index (χ2v) is 2.51. The van der Waals surface area contributed by atoms with E-state index < -0.39 is 17.6 Å². The number of hydrogen-bond acceptors (Lipinski definition) is 3. The molecule has 14 heavy (non-hydrogen) atoms. The molecule has 0 saturated carbocycles. The van der Waals surface area contributed by atoms with Crippen molar-refractivity contribution < 1.29 is 23.8 Å². The predicted molar refractivity (Wildman–Crippen MR) is 44.9 cm³/mol. The van der Waals surface area contributed by atoms with E-state index in [1.165, 1.54) is 13.2 Å². The molecule has 0 saturated heterocycles. The largest absolute Gasteiger partial charge is 0.497 e. The molecule has 0 aromatic heterocycles. The van der Waals surface area contributed by atoms with Crippen LogP contribution >= 0.6 is 0 Å². The first-order valence-corrected chi connectivity index (χ1v) is 3.67. The predicted octanol–water partition coefficient (Wildman–Crippen LogP) is 1.10. The van der Waals surface area contributed by atoms with E-state index in [2.05, 4.69) is 4.74 Å². The smallest absolute Gasteiger partial charge is 0.377 e. The molecule has 0 radical (unpaired) electrons. The number of Topliss-reactive ketones (excluding diaryl/α,β-unsaturated/α-hetero) is 1. The molecule has 0 bridgehead atoms. The van der Waals surface area contributed by atoms with Crippen molar-refractivity contribution in [3.63, 3.8) is 0 Å². The van der Waals surface area contributed by atoms with Crippen LogP contribution in [-0.2, 0) is 4.79 Å². The number of hydrogen-bond donors (Lipinski definition) is 1.